The highest BCUT2D eigenvalue weighted by atomic mass is 32.1. The first kappa shape index (κ1) is 18.9. The molecule has 0 unspecified atom stereocenters. The van der Waals surface area contributed by atoms with Gasteiger partial charge in [-0.15, -0.1) is 12.6 Å². The van der Waals surface area contributed by atoms with Crippen molar-refractivity contribution in [2.45, 2.75) is 11.4 Å². The molecular weight excluding hydrogens is 382 g/mol. The third kappa shape index (κ3) is 4.05. The highest BCUT2D eigenvalue weighted by Gasteiger charge is 2.27. The Kier molecular flexibility index (Phi) is 5.40. The number of rotatable bonds is 5. The van der Waals surface area contributed by atoms with E-state index in [-0.39, 0.29) is 12.3 Å². The zero-order valence-electron chi connectivity index (χ0n) is 15.5. The molecule has 3 aromatic carbocycles. The van der Waals surface area contributed by atoms with E-state index in [1.54, 1.807) is 41.1 Å². The largest absolute Gasteiger partial charge is 0.417 e. The number of ether oxygens (including phenoxy) is 1. The Morgan fingerprint density at radius 3 is 2.31 bits per heavy atom. The van der Waals surface area contributed by atoms with Gasteiger partial charge in [0.1, 0.15) is 5.75 Å². The number of hydrogen-bond acceptors (Lipinski definition) is 4. The molecule has 29 heavy (non-hydrogen) atoms. The lowest BCUT2D eigenvalue weighted by atomic mass is 10.1. The van der Waals surface area contributed by atoms with Crippen LogP contribution in [-0.4, -0.2) is 11.8 Å². The predicted molar refractivity (Wildman–Crippen MR) is 114 cm³/mol. The van der Waals surface area contributed by atoms with Gasteiger partial charge in [-0.25, -0.2) is 4.79 Å². The summed E-state index contributed by atoms with van der Waals surface area (Å²) in [6.45, 7) is 0.0296. The van der Waals surface area contributed by atoms with Gasteiger partial charge in [-0.1, -0.05) is 60.7 Å². The molecular formula is C24H18NO3S+. The summed E-state index contributed by atoms with van der Waals surface area (Å²) in [5.41, 5.74) is 0.914. The van der Waals surface area contributed by atoms with E-state index in [1.165, 1.54) is 0 Å². The average molecular weight is 400 g/mol. The van der Waals surface area contributed by atoms with Gasteiger partial charge in [0.15, 0.2) is 6.20 Å². The first-order valence-electron chi connectivity index (χ1n) is 9.13. The van der Waals surface area contributed by atoms with Crippen molar-refractivity contribution in [1.82, 2.24) is 0 Å². The van der Waals surface area contributed by atoms with Gasteiger partial charge in [-0.2, -0.15) is 4.57 Å². The summed E-state index contributed by atoms with van der Waals surface area (Å²) in [4.78, 5) is 26.4. The summed E-state index contributed by atoms with van der Waals surface area (Å²) in [6, 6.07) is 25.5. The molecule has 0 fully saturated rings. The van der Waals surface area contributed by atoms with Crippen molar-refractivity contribution in [3.05, 3.63) is 102 Å². The lowest BCUT2D eigenvalue weighted by Gasteiger charge is -2.09. The number of hydrogen-bond donors (Lipinski definition) is 1. The van der Waals surface area contributed by atoms with E-state index < -0.39 is 5.97 Å². The predicted octanol–water partition coefficient (Wildman–Crippen LogP) is 4.52. The molecule has 0 radical (unpaired) electrons. The second kappa shape index (κ2) is 8.29. The van der Waals surface area contributed by atoms with Crippen molar-refractivity contribution in [2.24, 2.45) is 0 Å². The second-order valence-electron chi connectivity index (χ2n) is 6.53. The van der Waals surface area contributed by atoms with Gasteiger partial charge in [0.05, 0.1) is 5.39 Å². The maximum absolute atomic E-state index is 13.1. The van der Waals surface area contributed by atoms with Crippen LogP contribution in [0.3, 0.4) is 0 Å². The van der Waals surface area contributed by atoms with Gasteiger partial charge in [0.2, 0.25) is 12.3 Å². The summed E-state index contributed by atoms with van der Waals surface area (Å²) in [5, 5.41) is 1.61. The quantitative estimate of drug-likeness (QED) is 0.176. The van der Waals surface area contributed by atoms with Crippen molar-refractivity contribution in [3.8, 4) is 5.75 Å². The Bertz CT molecular complexity index is 1210. The highest BCUT2D eigenvalue weighted by molar-refractivity contribution is 7.80. The normalized spacial score (nSPS) is 10.7. The lowest BCUT2D eigenvalue weighted by molar-refractivity contribution is -0.684. The van der Waals surface area contributed by atoms with E-state index in [4.69, 9.17) is 4.74 Å². The highest BCUT2D eigenvalue weighted by Crippen LogP contribution is 2.24. The van der Waals surface area contributed by atoms with Gasteiger partial charge in [-0.3, -0.25) is 4.79 Å². The fourth-order valence-corrected chi connectivity index (χ4v) is 3.38. The Labute approximate surface area is 173 Å². The van der Waals surface area contributed by atoms with Crippen LogP contribution in [0.4, 0.5) is 0 Å². The van der Waals surface area contributed by atoms with Crippen molar-refractivity contribution < 1.29 is 18.9 Å². The van der Waals surface area contributed by atoms with Crippen molar-refractivity contribution in [3.63, 3.8) is 0 Å². The average Bonchev–Trinajstić information content (AvgIpc) is 2.75. The minimum Gasteiger partial charge on any atom is -0.417 e. The molecule has 5 heteroatoms. The zero-order chi connectivity index (χ0) is 20.2. The Morgan fingerprint density at radius 2 is 1.52 bits per heavy atom. The van der Waals surface area contributed by atoms with Crippen LogP contribution < -0.4 is 9.30 Å². The van der Waals surface area contributed by atoms with Gasteiger partial charge in [0.25, 0.3) is 5.69 Å². The fourth-order valence-electron chi connectivity index (χ4n) is 3.18. The standard InChI is InChI=1S/C24H17NO3S/c26-20(18-9-2-1-3-10-18)16-25-15-14-17-8-4-5-11-19(17)23(25)24(27)28-21-12-6-7-13-22(21)29/h1-15H,16H2/p+1. The molecule has 0 bridgehead atoms. The summed E-state index contributed by atoms with van der Waals surface area (Å²) < 4.78 is 7.26. The number of aromatic nitrogens is 1. The molecule has 0 aliphatic heterocycles. The molecule has 0 N–H and O–H groups in total. The van der Waals surface area contributed by atoms with Crippen molar-refractivity contribution >= 4 is 35.2 Å². The number of esters is 1. The SMILES string of the molecule is O=C(C[n+]1ccc2ccccc2c1C(=O)Oc1ccccc1S)c1ccccc1. The molecule has 0 aliphatic carbocycles. The van der Waals surface area contributed by atoms with Crippen molar-refractivity contribution in [2.75, 3.05) is 0 Å². The number of thiol groups is 1. The molecule has 0 saturated carbocycles. The summed E-state index contributed by atoms with van der Waals surface area (Å²) in [7, 11) is 0. The monoisotopic (exact) mass is 400 g/mol. The van der Waals surface area contributed by atoms with Gasteiger partial charge < -0.3 is 4.74 Å². The first-order valence-corrected chi connectivity index (χ1v) is 9.58. The van der Waals surface area contributed by atoms with Crippen LogP contribution in [0.1, 0.15) is 20.8 Å². The van der Waals surface area contributed by atoms with E-state index in [0.29, 0.717) is 21.9 Å². The van der Waals surface area contributed by atoms with Crippen LogP contribution in [0.2, 0.25) is 0 Å². The molecule has 0 aliphatic rings. The number of nitrogens with zero attached hydrogens (tertiary/aromatic N) is 1. The van der Waals surface area contributed by atoms with Gasteiger partial charge in [0, 0.05) is 16.5 Å². The summed E-state index contributed by atoms with van der Waals surface area (Å²) in [5.74, 6) is -0.256. The molecule has 1 aromatic heterocycles. The van der Waals surface area contributed by atoms with Crippen LogP contribution in [0, 0.1) is 0 Å². The molecule has 0 amide bonds. The van der Waals surface area contributed by atoms with Crippen LogP contribution in [0.5, 0.6) is 5.75 Å². The maximum atomic E-state index is 13.1. The topological polar surface area (TPSA) is 47.2 Å². The minimum atomic E-state index is -0.538. The van der Waals surface area contributed by atoms with Gasteiger partial charge in [-0.05, 0) is 23.6 Å². The number of para-hydroxylation sites is 1. The third-order valence-corrected chi connectivity index (χ3v) is 4.98. The summed E-state index contributed by atoms with van der Waals surface area (Å²) in [6.07, 6.45) is 1.74. The van der Waals surface area contributed by atoms with E-state index in [9.17, 15) is 9.59 Å². The number of carbonyl (C=O) groups excluding carboxylic acids is 2. The Balaban J connectivity index is 1.76. The van der Waals surface area contributed by atoms with E-state index >= 15 is 0 Å². The third-order valence-electron chi connectivity index (χ3n) is 4.61. The molecule has 0 saturated heterocycles. The number of carbonyl (C=O) groups is 2. The molecule has 0 atom stereocenters. The molecule has 1 heterocycles. The number of Topliss-reactive ketones (excluding diaryl/α,β-unsaturated/α-hetero) is 1. The second-order valence-corrected chi connectivity index (χ2v) is 7.01. The number of pyridine rings is 1. The zero-order valence-corrected chi connectivity index (χ0v) is 16.4. The lowest BCUT2D eigenvalue weighted by Crippen LogP contribution is -2.44. The Hall–Kier alpha value is -3.44. The molecule has 0 spiro atoms. The van der Waals surface area contributed by atoms with Crippen LogP contribution in [0.25, 0.3) is 10.8 Å². The van der Waals surface area contributed by atoms with Crippen LogP contribution >= 0.6 is 12.6 Å². The van der Waals surface area contributed by atoms with Crippen LogP contribution in [0.15, 0.2) is 96.0 Å². The first-order chi connectivity index (χ1) is 14.1. The maximum Gasteiger partial charge on any atom is 0.409 e. The van der Waals surface area contributed by atoms with E-state index in [1.807, 2.05) is 54.6 Å². The Morgan fingerprint density at radius 1 is 0.828 bits per heavy atom. The number of fused-ring (bicyclic) bond motifs is 1. The fraction of sp³-hybridized carbons (Fsp3) is 0.0417. The molecule has 4 aromatic rings. The molecule has 4 nitrogen and oxygen atoms in total. The van der Waals surface area contributed by atoms with Gasteiger partial charge >= 0.3 is 5.97 Å². The van der Waals surface area contributed by atoms with E-state index in [2.05, 4.69) is 12.6 Å². The number of benzene rings is 3. The smallest absolute Gasteiger partial charge is 0.409 e. The van der Waals surface area contributed by atoms with Crippen LogP contribution in [-0.2, 0) is 6.54 Å². The van der Waals surface area contributed by atoms with Crippen molar-refractivity contribution in [1.29, 1.82) is 0 Å². The molecule has 142 valence electrons. The molecule has 4 rings (SSSR count). The minimum absolute atomic E-state index is 0.0296. The van der Waals surface area contributed by atoms with E-state index in [0.717, 1.165) is 10.8 Å². The summed E-state index contributed by atoms with van der Waals surface area (Å²) >= 11 is 4.35. The number of ketones is 1.